The number of halogens is 4. The van der Waals surface area contributed by atoms with Gasteiger partial charge in [0.15, 0.2) is 6.61 Å². The van der Waals surface area contributed by atoms with E-state index >= 15 is 0 Å². The Hall–Kier alpha value is -1.91. The van der Waals surface area contributed by atoms with Crippen LogP contribution in [-0.2, 0) is 24.3 Å². The fourth-order valence-corrected chi connectivity index (χ4v) is 4.48. The van der Waals surface area contributed by atoms with Crippen molar-refractivity contribution in [2.75, 3.05) is 18.5 Å². The average Bonchev–Trinajstić information content (AvgIpc) is 2.62. The van der Waals surface area contributed by atoms with Crippen LogP contribution < -0.4 is 10.0 Å². The number of nitrogens with one attached hydrogen (secondary N) is 2. The van der Waals surface area contributed by atoms with Crippen LogP contribution in [0, 0.1) is 5.82 Å². The lowest BCUT2D eigenvalue weighted by Crippen LogP contribution is -2.28. The number of amides is 1. The summed E-state index contributed by atoms with van der Waals surface area (Å²) in [6, 6.07) is 7.59. The number of ether oxygens (including phenoxy) is 1. The van der Waals surface area contributed by atoms with E-state index in [9.17, 15) is 22.4 Å². The van der Waals surface area contributed by atoms with Gasteiger partial charge in [0.25, 0.3) is 5.91 Å². The van der Waals surface area contributed by atoms with Gasteiger partial charge in [-0.1, -0.05) is 40.9 Å². The number of hydrogen-bond acceptors (Lipinski definition) is 5. The Kier molecular flexibility index (Phi) is 8.23. The van der Waals surface area contributed by atoms with Crippen LogP contribution in [0.4, 0.5) is 10.1 Å². The highest BCUT2D eigenvalue weighted by Crippen LogP contribution is 2.28. The molecule has 7 nitrogen and oxygen atoms in total. The first kappa shape index (κ1) is 23.4. The molecule has 2 rings (SSSR count). The Labute approximate surface area is 181 Å². The molecule has 0 aliphatic rings. The van der Waals surface area contributed by atoms with Crippen LogP contribution in [0.25, 0.3) is 0 Å². The lowest BCUT2D eigenvalue weighted by atomic mass is 10.3. The molecule has 0 aromatic heterocycles. The monoisotopic (exact) mass is 482 g/mol. The van der Waals surface area contributed by atoms with Gasteiger partial charge < -0.3 is 10.1 Å². The highest BCUT2D eigenvalue weighted by Gasteiger charge is 2.21. The molecule has 0 unspecified atom stereocenters. The van der Waals surface area contributed by atoms with Crippen LogP contribution in [0.5, 0.6) is 0 Å². The smallest absolute Gasteiger partial charge is 0.307 e. The van der Waals surface area contributed by atoms with E-state index in [4.69, 9.17) is 39.5 Å². The van der Waals surface area contributed by atoms with Crippen molar-refractivity contribution >= 4 is 62.4 Å². The van der Waals surface area contributed by atoms with Gasteiger partial charge in [-0.25, -0.2) is 17.5 Å². The highest BCUT2D eigenvalue weighted by atomic mass is 35.5. The number of esters is 1. The summed E-state index contributed by atoms with van der Waals surface area (Å²) in [6.45, 7) is -0.927. The van der Waals surface area contributed by atoms with Crippen molar-refractivity contribution in [2.24, 2.45) is 0 Å². The second kappa shape index (κ2) is 10.2. The van der Waals surface area contributed by atoms with Crippen LogP contribution in [0.3, 0.4) is 0 Å². The summed E-state index contributed by atoms with van der Waals surface area (Å²) >= 11 is 17.5. The van der Waals surface area contributed by atoms with E-state index < -0.39 is 34.3 Å². The molecule has 0 spiro atoms. The molecular formula is C17H14Cl3FN2O5S. The largest absolute Gasteiger partial charge is 0.456 e. The van der Waals surface area contributed by atoms with Gasteiger partial charge >= 0.3 is 5.97 Å². The van der Waals surface area contributed by atoms with Crippen LogP contribution in [0.1, 0.15) is 6.42 Å². The Morgan fingerprint density at radius 1 is 1.03 bits per heavy atom. The summed E-state index contributed by atoms with van der Waals surface area (Å²) in [5.74, 6) is -2.09. The van der Waals surface area contributed by atoms with E-state index in [1.165, 1.54) is 24.3 Å². The predicted molar refractivity (Wildman–Crippen MR) is 107 cm³/mol. The average molecular weight is 484 g/mol. The summed E-state index contributed by atoms with van der Waals surface area (Å²) in [5.41, 5.74) is 0.151. The molecule has 1 amide bonds. The number of anilines is 1. The maximum atomic E-state index is 13.0. The van der Waals surface area contributed by atoms with Crippen molar-refractivity contribution in [2.45, 2.75) is 11.3 Å². The van der Waals surface area contributed by atoms with Crippen molar-refractivity contribution in [1.82, 2.24) is 4.72 Å². The topological polar surface area (TPSA) is 102 Å². The van der Waals surface area contributed by atoms with Crippen molar-refractivity contribution in [3.63, 3.8) is 0 Å². The fourth-order valence-electron chi connectivity index (χ4n) is 2.09. The number of hydrogen-bond donors (Lipinski definition) is 2. The van der Waals surface area contributed by atoms with Crippen LogP contribution >= 0.6 is 34.8 Å². The molecule has 0 saturated carbocycles. The molecule has 2 aromatic carbocycles. The predicted octanol–water partition coefficient (Wildman–Crippen LogP) is 3.64. The zero-order chi connectivity index (χ0) is 21.6. The molecular weight excluding hydrogens is 470 g/mol. The van der Waals surface area contributed by atoms with Gasteiger partial charge in [0.05, 0.1) is 27.2 Å². The number of carbonyl (C=O) groups is 2. The second-order valence-electron chi connectivity index (χ2n) is 5.53. The summed E-state index contributed by atoms with van der Waals surface area (Å²) in [4.78, 5) is 23.2. The van der Waals surface area contributed by atoms with Crippen LogP contribution in [0.15, 0.2) is 41.3 Å². The lowest BCUT2D eigenvalue weighted by Gasteiger charge is -2.10. The molecule has 0 radical (unpaired) electrons. The molecule has 0 saturated heterocycles. The van der Waals surface area contributed by atoms with E-state index in [1.807, 2.05) is 0 Å². The first-order valence-corrected chi connectivity index (χ1v) is 10.6. The van der Waals surface area contributed by atoms with Crippen molar-refractivity contribution in [3.05, 3.63) is 57.3 Å². The van der Waals surface area contributed by atoms with Gasteiger partial charge in [-0.15, -0.1) is 0 Å². The maximum absolute atomic E-state index is 13.0. The molecule has 29 heavy (non-hydrogen) atoms. The second-order valence-corrected chi connectivity index (χ2v) is 8.46. The Morgan fingerprint density at radius 3 is 2.31 bits per heavy atom. The van der Waals surface area contributed by atoms with Crippen LogP contribution in [-0.4, -0.2) is 33.4 Å². The maximum Gasteiger partial charge on any atom is 0.307 e. The molecule has 12 heteroatoms. The van der Waals surface area contributed by atoms with Gasteiger partial charge in [-0.2, -0.15) is 0 Å². The first-order chi connectivity index (χ1) is 13.6. The van der Waals surface area contributed by atoms with Gasteiger partial charge in [0, 0.05) is 6.54 Å². The van der Waals surface area contributed by atoms with Gasteiger partial charge in [0.1, 0.15) is 10.7 Å². The summed E-state index contributed by atoms with van der Waals surface area (Å²) < 4.78 is 44.4. The summed E-state index contributed by atoms with van der Waals surface area (Å²) in [5, 5.41) is 2.20. The van der Waals surface area contributed by atoms with E-state index in [2.05, 4.69) is 10.0 Å². The molecule has 0 fully saturated rings. The molecule has 2 N–H and O–H groups in total. The SMILES string of the molecule is O=C(COC(=O)CCNS(=O)(=O)c1c(Cl)cccc1Cl)Nc1ccc(F)cc1Cl. The van der Waals surface area contributed by atoms with E-state index in [0.717, 1.165) is 12.1 Å². The van der Waals surface area contributed by atoms with Crippen molar-refractivity contribution < 1.29 is 27.1 Å². The Bertz CT molecular complexity index is 1010. The zero-order valence-corrected chi connectivity index (χ0v) is 17.6. The number of sulfonamides is 1. The zero-order valence-electron chi connectivity index (χ0n) is 14.5. The quantitative estimate of drug-likeness (QED) is 0.558. The number of carbonyl (C=O) groups excluding carboxylic acids is 2. The summed E-state index contributed by atoms with van der Waals surface area (Å²) in [6.07, 6.45) is -0.341. The van der Waals surface area contributed by atoms with E-state index in [0.29, 0.717) is 0 Å². The Balaban J connectivity index is 1.80. The molecule has 2 aromatic rings. The first-order valence-electron chi connectivity index (χ1n) is 7.94. The lowest BCUT2D eigenvalue weighted by molar-refractivity contribution is -0.147. The van der Waals surface area contributed by atoms with Gasteiger partial charge in [0.2, 0.25) is 10.0 Å². The third-order valence-corrected chi connectivity index (χ3v) is 6.11. The van der Waals surface area contributed by atoms with E-state index in [1.54, 1.807) is 0 Å². The standard InChI is InChI=1S/C17H14Cl3FN2O5S/c18-11-2-1-3-12(19)17(11)29(26,27)22-7-6-16(25)28-9-15(24)23-14-5-4-10(21)8-13(14)20/h1-5,8,22H,6-7,9H2,(H,23,24). The minimum absolute atomic E-state index is 0.0164. The van der Waals surface area contributed by atoms with Crippen molar-refractivity contribution in [3.8, 4) is 0 Å². The van der Waals surface area contributed by atoms with E-state index in [-0.39, 0.29) is 38.6 Å². The minimum Gasteiger partial charge on any atom is -0.456 e. The normalized spacial score (nSPS) is 11.2. The number of rotatable bonds is 8. The van der Waals surface area contributed by atoms with Gasteiger partial charge in [-0.3, -0.25) is 9.59 Å². The van der Waals surface area contributed by atoms with Crippen molar-refractivity contribution in [1.29, 1.82) is 0 Å². The van der Waals surface area contributed by atoms with Gasteiger partial charge in [-0.05, 0) is 30.3 Å². The Morgan fingerprint density at radius 2 is 1.69 bits per heavy atom. The molecule has 0 aliphatic heterocycles. The van der Waals surface area contributed by atoms with Crippen LogP contribution in [0.2, 0.25) is 15.1 Å². The molecule has 156 valence electrons. The summed E-state index contributed by atoms with van der Waals surface area (Å²) in [7, 11) is -4.04. The molecule has 0 atom stereocenters. The highest BCUT2D eigenvalue weighted by molar-refractivity contribution is 7.89. The number of benzene rings is 2. The minimum atomic E-state index is -4.04. The fraction of sp³-hybridized carbons (Fsp3) is 0.176. The third-order valence-electron chi connectivity index (χ3n) is 3.38. The molecule has 0 bridgehead atoms. The molecule has 0 heterocycles. The third kappa shape index (κ3) is 6.83. The molecule has 0 aliphatic carbocycles.